The number of hydrogen-bond donors (Lipinski definition) is 2. The minimum atomic E-state index is -1.33. The molecule has 1 aliphatic rings. The summed E-state index contributed by atoms with van der Waals surface area (Å²) in [6, 6.07) is 0. The molecule has 3 atom stereocenters. The van der Waals surface area contributed by atoms with E-state index in [4.69, 9.17) is 10.2 Å². The summed E-state index contributed by atoms with van der Waals surface area (Å²) in [5.41, 5.74) is 0. The zero-order valence-corrected chi connectivity index (χ0v) is 4.83. The number of halogens is 1. The second-order valence-corrected chi connectivity index (χ2v) is 2.06. The predicted octanol–water partition coefficient (Wildman–Crippen LogP) is -0.923. The molecule has 1 fully saturated rings. The van der Waals surface area contributed by atoms with Gasteiger partial charge in [0.1, 0.15) is 12.2 Å². The van der Waals surface area contributed by atoms with Gasteiger partial charge in [0.05, 0.1) is 13.2 Å². The van der Waals surface area contributed by atoms with Crippen molar-refractivity contribution in [2.24, 2.45) is 0 Å². The molecule has 0 bridgehead atoms. The third-order valence-corrected chi connectivity index (χ3v) is 1.40. The Morgan fingerprint density at radius 2 is 2.33 bits per heavy atom. The molecule has 2 N–H and O–H groups in total. The first-order chi connectivity index (χ1) is 4.25. The summed E-state index contributed by atoms with van der Waals surface area (Å²) < 4.78 is 16.9. The fourth-order valence-electron chi connectivity index (χ4n) is 0.806. The largest absolute Gasteiger partial charge is 0.394 e. The van der Waals surface area contributed by atoms with E-state index in [1.807, 2.05) is 0 Å². The van der Waals surface area contributed by atoms with Crippen molar-refractivity contribution in [3.63, 3.8) is 0 Å². The molecule has 1 aliphatic heterocycles. The van der Waals surface area contributed by atoms with Crippen LogP contribution in [-0.4, -0.2) is 41.8 Å². The third-order valence-electron chi connectivity index (χ3n) is 1.40. The van der Waals surface area contributed by atoms with Gasteiger partial charge in [0.2, 0.25) is 0 Å². The summed E-state index contributed by atoms with van der Waals surface area (Å²) in [4.78, 5) is 0. The van der Waals surface area contributed by atoms with E-state index in [2.05, 4.69) is 4.74 Å². The SMILES string of the molecule is OC[C@@H]1OC[C@H](F)[C@H]1O. The lowest BCUT2D eigenvalue weighted by molar-refractivity contribution is 0.000304. The Balaban J connectivity index is 2.41. The number of ether oxygens (including phenoxy) is 1. The summed E-state index contributed by atoms with van der Waals surface area (Å²) >= 11 is 0. The van der Waals surface area contributed by atoms with Gasteiger partial charge < -0.3 is 14.9 Å². The van der Waals surface area contributed by atoms with E-state index >= 15 is 0 Å². The Morgan fingerprint density at radius 1 is 1.67 bits per heavy atom. The maximum absolute atomic E-state index is 12.3. The molecule has 0 radical (unpaired) electrons. The van der Waals surface area contributed by atoms with Crippen molar-refractivity contribution in [2.45, 2.75) is 18.4 Å². The van der Waals surface area contributed by atoms with E-state index in [1.165, 1.54) is 0 Å². The van der Waals surface area contributed by atoms with E-state index in [-0.39, 0.29) is 13.2 Å². The van der Waals surface area contributed by atoms with Crippen LogP contribution in [0.25, 0.3) is 0 Å². The molecule has 0 aromatic carbocycles. The van der Waals surface area contributed by atoms with Crippen molar-refractivity contribution in [3.05, 3.63) is 0 Å². The lowest BCUT2D eigenvalue weighted by atomic mass is 10.2. The molecule has 0 aromatic heterocycles. The first-order valence-corrected chi connectivity index (χ1v) is 2.80. The zero-order chi connectivity index (χ0) is 6.85. The van der Waals surface area contributed by atoms with Crippen LogP contribution >= 0.6 is 0 Å². The van der Waals surface area contributed by atoms with Gasteiger partial charge in [-0.05, 0) is 0 Å². The van der Waals surface area contributed by atoms with Gasteiger partial charge in [-0.15, -0.1) is 0 Å². The maximum Gasteiger partial charge on any atom is 0.152 e. The summed E-state index contributed by atoms with van der Waals surface area (Å²) in [7, 11) is 0. The molecule has 0 amide bonds. The molecule has 0 spiro atoms. The summed E-state index contributed by atoms with van der Waals surface area (Å²) in [5.74, 6) is 0. The fraction of sp³-hybridized carbons (Fsp3) is 1.00. The fourth-order valence-corrected chi connectivity index (χ4v) is 0.806. The van der Waals surface area contributed by atoms with Gasteiger partial charge in [-0.25, -0.2) is 4.39 Å². The molecule has 0 aliphatic carbocycles. The van der Waals surface area contributed by atoms with E-state index in [1.54, 1.807) is 0 Å². The average Bonchev–Trinajstić information content (AvgIpc) is 2.15. The van der Waals surface area contributed by atoms with Crippen LogP contribution in [0.3, 0.4) is 0 Å². The van der Waals surface area contributed by atoms with Crippen LogP contribution in [-0.2, 0) is 4.74 Å². The van der Waals surface area contributed by atoms with Crippen LogP contribution in [0.4, 0.5) is 4.39 Å². The topological polar surface area (TPSA) is 49.7 Å². The van der Waals surface area contributed by atoms with Gasteiger partial charge in [0.25, 0.3) is 0 Å². The van der Waals surface area contributed by atoms with E-state index in [0.29, 0.717) is 0 Å². The van der Waals surface area contributed by atoms with E-state index in [9.17, 15) is 4.39 Å². The Labute approximate surface area is 52.1 Å². The molecular formula is C5H9FO3. The van der Waals surface area contributed by atoms with Gasteiger partial charge in [-0.3, -0.25) is 0 Å². The van der Waals surface area contributed by atoms with Crippen LogP contribution in [0.15, 0.2) is 0 Å². The molecule has 0 unspecified atom stereocenters. The van der Waals surface area contributed by atoms with Crippen molar-refractivity contribution in [3.8, 4) is 0 Å². The molecule has 0 saturated carbocycles. The Kier molecular flexibility index (Phi) is 2.00. The van der Waals surface area contributed by atoms with Crippen LogP contribution < -0.4 is 0 Å². The molecule has 3 nitrogen and oxygen atoms in total. The number of aliphatic hydroxyl groups excluding tert-OH is 2. The Morgan fingerprint density at radius 3 is 2.56 bits per heavy atom. The van der Waals surface area contributed by atoms with E-state index < -0.39 is 18.4 Å². The van der Waals surface area contributed by atoms with Crippen molar-refractivity contribution in [2.75, 3.05) is 13.2 Å². The minimum Gasteiger partial charge on any atom is -0.394 e. The molecule has 4 heteroatoms. The normalized spacial score (nSPS) is 43.7. The van der Waals surface area contributed by atoms with Gasteiger partial charge in [0, 0.05) is 0 Å². The first kappa shape index (κ1) is 6.92. The Hall–Kier alpha value is -0.190. The average molecular weight is 136 g/mol. The molecule has 1 rings (SSSR count). The third kappa shape index (κ3) is 1.20. The number of rotatable bonds is 1. The minimum absolute atomic E-state index is 0.105. The first-order valence-electron chi connectivity index (χ1n) is 2.80. The van der Waals surface area contributed by atoms with Crippen LogP contribution in [0.2, 0.25) is 0 Å². The smallest absolute Gasteiger partial charge is 0.152 e. The molecule has 1 saturated heterocycles. The highest BCUT2D eigenvalue weighted by Gasteiger charge is 2.35. The van der Waals surface area contributed by atoms with Crippen molar-refractivity contribution >= 4 is 0 Å². The van der Waals surface area contributed by atoms with Crippen LogP contribution in [0, 0.1) is 0 Å². The van der Waals surface area contributed by atoms with E-state index in [0.717, 1.165) is 0 Å². The summed E-state index contributed by atoms with van der Waals surface area (Å²) in [5, 5.41) is 17.2. The zero-order valence-electron chi connectivity index (χ0n) is 4.83. The van der Waals surface area contributed by atoms with Crippen molar-refractivity contribution in [1.82, 2.24) is 0 Å². The highest BCUT2D eigenvalue weighted by molar-refractivity contribution is 4.82. The predicted molar refractivity (Wildman–Crippen MR) is 27.7 cm³/mol. The molecule has 1 heterocycles. The van der Waals surface area contributed by atoms with Crippen LogP contribution in [0.5, 0.6) is 0 Å². The molecular weight excluding hydrogens is 127 g/mol. The van der Waals surface area contributed by atoms with Crippen LogP contribution in [0.1, 0.15) is 0 Å². The van der Waals surface area contributed by atoms with Gasteiger partial charge in [0.15, 0.2) is 6.17 Å². The van der Waals surface area contributed by atoms with Gasteiger partial charge in [-0.1, -0.05) is 0 Å². The number of alkyl halides is 1. The Bertz CT molecular complexity index is 98.2. The monoisotopic (exact) mass is 136 g/mol. The quantitative estimate of drug-likeness (QED) is 0.490. The highest BCUT2D eigenvalue weighted by atomic mass is 19.1. The van der Waals surface area contributed by atoms with Gasteiger partial charge in [-0.2, -0.15) is 0 Å². The second kappa shape index (κ2) is 2.60. The lowest BCUT2D eigenvalue weighted by Crippen LogP contribution is -2.29. The summed E-state index contributed by atoms with van der Waals surface area (Å²) in [6.45, 7) is -0.423. The molecule has 0 aromatic rings. The lowest BCUT2D eigenvalue weighted by Gasteiger charge is -2.09. The van der Waals surface area contributed by atoms with Crippen molar-refractivity contribution < 1.29 is 19.3 Å². The van der Waals surface area contributed by atoms with Gasteiger partial charge >= 0.3 is 0 Å². The standard InChI is InChI=1S/C5H9FO3/c6-3-2-9-4(1-7)5(3)8/h3-5,7-8H,1-2H2/t3-,4-,5+/m0/s1. The highest BCUT2D eigenvalue weighted by Crippen LogP contribution is 2.15. The molecule has 9 heavy (non-hydrogen) atoms. The van der Waals surface area contributed by atoms with Crippen molar-refractivity contribution in [1.29, 1.82) is 0 Å². The summed E-state index contributed by atoms with van der Waals surface area (Å²) in [6.07, 6.45) is -3.20. The second-order valence-electron chi connectivity index (χ2n) is 2.06. The maximum atomic E-state index is 12.3. The number of aliphatic hydroxyl groups is 2. The number of hydrogen-bond acceptors (Lipinski definition) is 3. The molecule has 54 valence electrons.